The van der Waals surface area contributed by atoms with Crippen LogP contribution in [0.15, 0.2) is 12.3 Å². The van der Waals surface area contributed by atoms with Gasteiger partial charge in [-0.15, -0.1) is 0 Å². The zero-order chi connectivity index (χ0) is 17.6. The minimum absolute atomic E-state index is 0.0195. The monoisotopic (exact) mass is 350 g/mol. The first-order valence-electron chi connectivity index (χ1n) is 8.50. The van der Waals surface area contributed by atoms with Crippen molar-refractivity contribution in [2.75, 3.05) is 33.0 Å². The summed E-state index contributed by atoms with van der Waals surface area (Å²) in [6.45, 7) is 4.01. The smallest absolute Gasteiger partial charge is 0.328 e. The number of hydrogen-bond donors (Lipinski definition) is 1. The molecule has 0 radical (unpaired) electrons. The highest BCUT2D eigenvalue weighted by atomic mass is 16.6. The lowest BCUT2D eigenvalue weighted by Crippen LogP contribution is -2.48. The Labute approximate surface area is 145 Å². The molecule has 3 rings (SSSR count). The van der Waals surface area contributed by atoms with Crippen LogP contribution >= 0.6 is 0 Å². The van der Waals surface area contributed by atoms with Crippen molar-refractivity contribution in [2.45, 2.75) is 25.8 Å². The van der Waals surface area contributed by atoms with Crippen LogP contribution in [0.5, 0.6) is 11.5 Å². The summed E-state index contributed by atoms with van der Waals surface area (Å²) in [6.07, 6.45) is 2.84. The van der Waals surface area contributed by atoms with Gasteiger partial charge in [-0.05, 0) is 25.7 Å². The predicted molar refractivity (Wildman–Crippen MR) is 86.7 cm³/mol. The molecule has 1 amide bonds. The first kappa shape index (κ1) is 17.5. The van der Waals surface area contributed by atoms with Gasteiger partial charge in [-0.25, -0.2) is 9.78 Å². The molecule has 1 N–H and O–H groups in total. The maximum Gasteiger partial charge on any atom is 0.328 e. The van der Waals surface area contributed by atoms with Gasteiger partial charge in [0, 0.05) is 19.3 Å². The number of aromatic nitrogens is 1. The first-order valence-corrected chi connectivity index (χ1v) is 8.50. The Balaban J connectivity index is 1.73. The third-order valence-electron chi connectivity index (χ3n) is 4.23. The molecule has 1 aromatic heterocycles. The van der Waals surface area contributed by atoms with Gasteiger partial charge in [0.15, 0.2) is 11.5 Å². The SMILES string of the molecule is CCOC(=O)C(NC(=O)c1cc2c(cn1)OCCO2)C1CCOCC1. The third kappa shape index (κ3) is 4.19. The van der Waals surface area contributed by atoms with Gasteiger partial charge in [-0.1, -0.05) is 0 Å². The van der Waals surface area contributed by atoms with Crippen molar-refractivity contribution in [1.29, 1.82) is 0 Å². The Kier molecular flexibility index (Phi) is 5.70. The number of nitrogens with zero attached hydrogens (tertiary/aromatic N) is 1. The number of pyridine rings is 1. The van der Waals surface area contributed by atoms with Gasteiger partial charge in [0.2, 0.25) is 0 Å². The molecule has 25 heavy (non-hydrogen) atoms. The average molecular weight is 350 g/mol. The molecule has 8 heteroatoms. The summed E-state index contributed by atoms with van der Waals surface area (Å²) in [5, 5.41) is 2.77. The minimum Gasteiger partial charge on any atom is -0.486 e. The molecule has 1 fully saturated rings. The lowest BCUT2D eigenvalue weighted by atomic mass is 9.91. The Morgan fingerprint density at radius 1 is 1.24 bits per heavy atom. The van der Waals surface area contributed by atoms with Crippen LogP contribution in [0.1, 0.15) is 30.3 Å². The third-order valence-corrected chi connectivity index (χ3v) is 4.23. The second-order valence-electron chi connectivity index (χ2n) is 5.87. The molecule has 1 atom stereocenters. The fourth-order valence-corrected chi connectivity index (χ4v) is 2.94. The number of amides is 1. The van der Waals surface area contributed by atoms with Gasteiger partial charge in [0.05, 0.1) is 12.8 Å². The van der Waals surface area contributed by atoms with E-state index in [9.17, 15) is 9.59 Å². The quantitative estimate of drug-likeness (QED) is 0.790. The summed E-state index contributed by atoms with van der Waals surface area (Å²) < 4.78 is 21.3. The molecule has 8 nitrogen and oxygen atoms in total. The highest BCUT2D eigenvalue weighted by Gasteiger charge is 2.33. The summed E-state index contributed by atoms with van der Waals surface area (Å²) in [4.78, 5) is 29.0. The Hall–Kier alpha value is -2.35. The van der Waals surface area contributed by atoms with Crippen molar-refractivity contribution in [1.82, 2.24) is 10.3 Å². The van der Waals surface area contributed by atoms with Gasteiger partial charge in [-0.3, -0.25) is 4.79 Å². The largest absolute Gasteiger partial charge is 0.486 e. The number of nitrogens with one attached hydrogen (secondary N) is 1. The van der Waals surface area contributed by atoms with Crippen LogP contribution in [-0.2, 0) is 14.3 Å². The van der Waals surface area contributed by atoms with E-state index < -0.39 is 17.9 Å². The molecule has 3 heterocycles. The van der Waals surface area contributed by atoms with E-state index in [0.717, 1.165) is 0 Å². The molecule has 1 unspecified atom stereocenters. The van der Waals surface area contributed by atoms with E-state index in [4.69, 9.17) is 18.9 Å². The van der Waals surface area contributed by atoms with Gasteiger partial charge in [-0.2, -0.15) is 0 Å². The molecule has 0 aliphatic carbocycles. The summed E-state index contributed by atoms with van der Waals surface area (Å²) in [6, 6.07) is 0.807. The van der Waals surface area contributed by atoms with Crippen molar-refractivity contribution in [2.24, 2.45) is 5.92 Å². The van der Waals surface area contributed by atoms with Crippen LogP contribution in [0.4, 0.5) is 0 Å². The van der Waals surface area contributed by atoms with E-state index in [1.165, 1.54) is 12.3 Å². The Morgan fingerprint density at radius 3 is 2.68 bits per heavy atom. The summed E-state index contributed by atoms with van der Waals surface area (Å²) >= 11 is 0. The summed E-state index contributed by atoms with van der Waals surface area (Å²) in [5.41, 5.74) is 0.172. The maximum absolute atomic E-state index is 12.6. The number of esters is 1. The molecule has 2 aliphatic heterocycles. The van der Waals surface area contributed by atoms with Crippen LogP contribution in [0.2, 0.25) is 0 Å². The second-order valence-corrected chi connectivity index (χ2v) is 5.87. The zero-order valence-corrected chi connectivity index (χ0v) is 14.2. The van der Waals surface area contributed by atoms with E-state index in [0.29, 0.717) is 50.8 Å². The molecular weight excluding hydrogens is 328 g/mol. The van der Waals surface area contributed by atoms with Crippen LogP contribution in [0.3, 0.4) is 0 Å². The maximum atomic E-state index is 12.6. The average Bonchev–Trinajstić information content (AvgIpc) is 2.66. The second kappa shape index (κ2) is 8.15. The number of carbonyl (C=O) groups is 2. The molecule has 1 saturated heterocycles. The van der Waals surface area contributed by atoms with Gasteiger partial charge in [0.1, 0.15) is 24.9 Å². The molecule has 136 valence electrons. The van der Waals surface area contributed by atoms with Crippen LogP contribution < -0.4 is 14.8 Å². The summed E-state index contributed by atoms with van der Waals surface area (Å²) in [7, 11) is 0. The molecule has 2 aliphatic rings. The minimum atomic E-state index is -0.716. The fraction of sp³-hybridized carbons (Fsp3) is 0.588. The lowest BCUT2D eigenvalue weighted by Gasteiger charge is -2.29. The molecule has 0 aromatic carbocycles. The van der Waals surface area contributed by atoms with Gasteiger partial charge in [0.25, 0.3) is 5.91 Å². The molecule has 0 spiro atoms. The van der Waals surface area contributed by atoms with Crippen LogP contribution in [-0.4, -0.2) is 55.9 Å². The van der Waals surface area contributed by atoms with Crippen molar-refractivity contribution in [3.8, 4) is 11.5 Å². The van der Waals surface area contributed by atoms with Gasteiger partial charge >= 0.3 is 5.97 Å². The van der Waals surface area contributed by atoms with Crippen LogP contribution in [0, 0.1) is 5.92 Å². The Morgan fingerprint density at radius 2 is 1.96 bits per heavy atom. The van der Waals surface area contributed by atoms with E-state index in [1.807, 2.05) is 0 Å². The van der Waals surface area contributed by atoms with Crippen molar-refractivity contribution in [3.63, 3.8) is 0 Å². The van der Waals surface area contributed by atoms with E-state index in [2.05, 4.69) is 10.3 Å². The van der Waals surface area contributed by atoms with Gasteiger partial charge < -0.3 is 24.3 Å². The highest BCUT2D eigenvalue weighted by molar-refractivity contribution is 5.95. The molecular formula is C17H22N2O6. The first-order chi connectivity index (χ1) is 12.2. The zero-order valence-electron chi connectivity index (χ0n) is 14.2. The van der Waals surface area contributed by atoms with Crippen molar-refractivity contribution in [3.05, 3.63) is 18.0 Å². The number of hydrogen-bond acceptors (Lipinski definition) is 7. The number of carbonyl (C=O) groups excluding carboxylic acids is 2. The number of ether oxygens (including phenoxy) is 4. The summed E-state index contributed by atoms with van der Waals surface area (Å²) in [5.74, 6) is 0.0927. The normalized spacial score (nSPS) is 18.3. The van der Waals surface area contributed by atoms with E-state index in [-0.39, 0.29) is 18.2 Å². The lowest BCUT2D eigenvalue weighted by molar-refractivity contribution is -0.147. The van der Waals surface area contributed by atoms with Crippen LogP contribution in [0.25, 0.3) is 0 Å². The highest BCUT2D eigenvalue weighted by Crippen LogP contribution is 2.29. The fourth-order valence-electron chi connectivity index (χ4n) is 2.94. The molecule has 0 saturated carbocycles. The van der Waals surface area contributed by atoms with Crippen molar-refractivity contribution < 1.29 is 28.5 Å². The molecule has 0 bridgehead atoms. The topological polar surface area (TPSA) is 96.0 Å². The standard InChI is InChI=1S/C17H22N2O6/c1-2-23-17(21)15(11-3-5-22-6-4-11)19-16(20)12-9-13-14(10-18-12)25-8-7-24-13/h9-11,15H,2-8H2,1H3,(H,19,20). The van der Waals surface area contributed by atoms with E-state index in [1.54, 1.807) is 6.92 Å². The number of rotatable bonds is 5. The predicted octanol–water partition coefficient (Wildman–Crippen LogP) is 0.941. The van der Waals surface area contributed by atoms with E-state index >= 15 is 0 Å². The van der Waals surface area contributed by atoms with Crippen molar-refractivity contribution >= 4 is 11.9 Å². The number of fused-ring (bicyclic) bond motifs is 1. The Bertz CT molecular complexity index is 630. The molecule has 1 aromatic rings.